The van der Waals surface area contributed by atoms with Gasteiger partial charge in [-0.25, -0.2) is 0 Å². The van der Waals surface area contributed by atoms with Crippen molar-refractivity contribution in [1.29, 1.82) is 0 Å². The van der Waals surface area contributed by atoms with Crippen molar-refractivity contribution in [1.82, 2.24) is 20.9 Å². The average molecular weight is 513 g/mol. The monoisotopic (exact) mass is 513 g/mol. The zero-order chi connectivity index (χ0) is 19.6. The van der Waals surface area contributed by atoms with Crippen molar-refractivity contribution in [2.45, 2.75) is 57.5 Å². The molecule has 1 heterocycles. The van der Waals surface area contributed by atoms with E-state index in [1.54, 1.807) is 0 Å². The van der Waals surface area contributed by atoms with E-state index in [2.05, 4.69) is 27.8 Å². The fourth-order valence-corrected chi connectivity index (χ4v) is 4.18. The van der Waals surface area contributed by atoms with Crippen molar-refractivity contribution >= 4 is 35.8 Å². The molecule has 1 unspecified atom stereocenters. The van der Waals surface area contributed by atoms with Crippen molar-refractivity contribution < 1.29 is 4.79 Å². The molecule has 162 valence electrons. The maximum Gasteiger partial charge on any atom is 0.251 e. The van der Waals surface area contributed by atoms with Gasteiger partial charge in [0.05, 0.1) is 0 Å². The van der Waals surface area contributed by atoms with Crippen LogP contribution >= 0.6 is 24.0 Å². The number of amides is 1. The summed E-state index contributed by atoms with van der Waals surface area (Å²) < 4.78 is 0. The van der Waals surface area contributed by atoms with Crippen molar-refractivity contribution in [3.63, 3.8) is 0 Å². The Morgan fingerprint density at radius 2 is 1.90 bits per heavy atom. The lowest BCUT2D eigenvalue weighted by Crippen LogP contribution is -2.45. The van der Waals surface area contributed by atoms with Gasteiger partial charge in [-0.1, -0.05) is 31.0 Å². The molecular weight excluding hydrogens is 477 g/mol. The lowest BCUT2D eigenvalue weighted by atomic mass is 10.2. The first-order valence-electron chi connectivity index (χ1n) is 10.9. The Morgan fingerprint density at radius 1 is 1.14 bits per heavy atom. The second-order valence-electron chi connectivity index (χ2n) is 7.80. The first-order valence-corrected chi connectivity index (χ1v) is 10.9. The van der Waals surface area contributed by atoms with Crippen LogP contribution in [0, 0.1) is 0 Å². The molecule has 0 aromatic heterocycles. The summed E-state index contributed by atoms with van der Waals surface area (Å²) >= 11 is 0. The Labute approximate surface area is 192 Å². The number of guanidine groups is 1. The number of hydrogen-bond acceptors (Lipinski definition) is 3. The number of benzene rings is 1. The zero-order valence-electron chi connectivity index (χ0n) is 17.5. The first-order chi connectivity index (χ1) is 13.8. The molecule has 1 saturated heterocycles. The molecule has 1 aliphatic heterocycles. The summed E-state index contributed by atoms with van der Waals surface area (Å²) in [5.74, 6) is 0.878. The minimum absolute atomic E-state index is 0. The number of carbonyl (C=O) groups is 1. The van der Waals surface area contributed by atoms with E-state index in [-0.39, 0.29) is 29.9 Å². The number of hydrogen-bond donors (Lipinski definition) is 3. The zero-order valence-corrected chi connectivity index (χ0v) is 19.9. The smallest absolute Gasteiger partial charge is 0.251 e. The fourth-order valence-electron chi connectivity index (χ4n) is 4.18. The van der Waals surface area contributed by atoms with E-state index in [4.69, 9.17) is 4.99 Å². The standard InChI is InChI=1S/C22H35N5O.HI/c1-2-23-22(26-19-13-16-27(17-19)20-11-6-7-12-20)25-15-8-14-24-21(28)18-9-4-3-5-10-18;/h3-5,9-10,19-20H,2,6-8,11-17H2,1H3,(H,24,28)(H2,23,25,26);1H. The molecular formula is C22H36IN5O. The molecule has 0 spiro atoms. The van der Waals surface area contributed by atoms with E-state index in [1.807, 2.05) is 30.3 Å². The maximum absolute atomic E-state index is 12.0. The predicted octanol–water partition coefficient (Wildman–Crippen LogP) is 3.00. The Kier molecular flexibility index (Phi) is 10.8. The van der Waals surface area contributed by atoms with Crippen LogP contribution in [-0.4, -0.2) is 61.6 Å². The van der Waals surface area contributed by atoms with E-state index in [0.717, 1.165) is 31.5 Å². The highest BCUT2D eigenvalue weighted by molar-refractivity contribution is 14.0. The molecule has 1 aromatic rings. The second kappa shape index (κ2) is 13.1. The molecule has 6 nitrogen and oxygen atoms in total. The van der Waals surface area contributed by atoms with Gasteiger partial charge in [-0.15, -0.1) is 24.0 Å². The number of nitrogens with zero attached hydrogens (tertiary/aromatic N) is 2. The molecule has 3 N–H and O–H groups in total. The predicted molar refractivity (Wildman–Crippen MR) is 130 cm³/mol. The Hall–Kier alpha value is -1.35. The SMILES string of the molecule is CCNC(=NCCCNC(=O)c1ccccc1)NC1CCN(C2CCCC2)C1.I. The molecule has 7 heteroatoms. The van der Waals surface area contributed by atoms with Crippen LogP contribution < -0.4 is 16.0 Å². The number of carbonyl (C=O) groups excluding carboxylic acids is 1. The summed E-state index contributed by atoms with van der Waals surface area (Å²) in [5, 5.41) is 9.92. The molecule has 2 fully saturated rings. The molecule has 1 aliphatic carbocycles. The Bertz CT molecular complexity index is 633. The maximum atomic E-state index is 12.0. The third kappa shape index (κ3) is 7.77. The normalized spacial score (nSPS) is 20.3. The lowest BCUT2D eigenvalue weighted by Gasteiger charge is -2.24. The van der Waals surface area contributed by atoms with Crippen molar-refractivity contribution in [2.24, 2.45) is 4.99 Å². The third-order valence-electron chi connectivity index (χ3n) is 5.67. The number of rotatable bonds is 8. The quantitative estimate of drug-likeness (QED) is 0.217. The summed E-state index contributed by atoms with van der Waals surface area (Å²) in [7, 11) is 0. The Morgan fingerprint density at radius 3 is 2.62 bits per heavy atom. The van der Waals surface area contributed by atoms with Gasteiger partial charge in [0.15, 0.2) is 5.96 Å². The largest absolute Gasteiger partial charge is 0.357 e. The van der Waals surface area contributed by atoms with Crippen LogP contribution in [0.25, 0.3) is 0 Å². The van der Waals surface area contributed by atoms with Crippen LogP contribution in [0.2, 0.25) is 0 Å². The minimum Gasteiger partial charge on any atom is -0.357 e. The van der Waals surface area contributed by atoms with Gasteiger partial charge in [0.2, 0.25) is 0 Å². The average Bonchev–Trinajstić information content (AvgIpc) is 3.40. The van der Waals surface area contributed by atoms with Crippen LogP contribution in [0.5, 0.6) is 0 Å². The van der Waals surface area contributed by atoms with Crippen LogP contribution in [-0.2, 0) is 0 Å². The van der Waals surface area contributed by atoms with Crippen molar-refractivity contribution in [3.05, 3.63) is 35.9 Å². The number of likely N-dealkylation sites (tertiary alicyclic amines) is 1. The molecule has 1 amide bonds. The molecule has 1 saturated carbocycles. The first kappa shape index (κ1) is 23.9. The fraction of sp³-hybridized carbons (Fsp3) is 0.636. The third-order valence-corrected chi connectivity index (χ3v) is 5.67. The van der Waals surface area contributed by atoms with Gasteiger partial charge in [0.25, 0.3) is 5.91 Å². The van der Waals surface area contributed by atoms with Gasteiger partial charge in [-0.05, 0) is 44.7 Å². The van der Waals surface area contributed by atoms with Gasteiger partial charge in [0.1, 0.15) is 0 Å². The highest BCUT2D eigenvalue weighted by atomic mass is 127. The number of nitrogens with one attached hydrogen (secondary N) is 3. The molecule has 3 rings (SSSR count). The molecule has 29 heavy (non-hydrogen) atoms. The summed E-state index contributed by atoms with van der Waals surface area (Å²) in [6, 6.07) is 10.6. The van der Waals surface area contributed by atoms with Gasteiger partial charge < -0.3 is 16.0 Å². The van der Waals surface area contributed by atoms with Gasteiger partial charge in [-0.2, -0.15) is 0 Å². The lowest BCUT2D eigenvalue weighted by molar-refractivity contribution is 0.0953. The number of aliphatic imine (C=N–C) groups is 1. The van der Waals surface area contributed by atoms with Crippen LogP contribution in [0.4, 0.5) is 0 Å². The van der Waals surface area contributed by atoms with Gasteiger partial charge in [0, 0.05) is 50.4 Å². The van der Waals surface area contributed by atoms with Gasteiger partial charge in [-0.3, -0.25) is 14.7 Å². The molecule has 1 aromatic carbocycles. The highest BCUT2D eigenvalue weighted by Crippen LogP contribution is 2.26. The summed E-state index contributed by atoms with van der Waals surface area (Å²) in [4.78, 5) is 19.4. The second-order valence-corrected chi connectivity index (χ2v) is 7.80. The Balaban J connectivity index is 0.00000300. The van der Waals surface area contributed by atoms with Crippen molar-refractivity contribution in [3.8, 4) is 0 Å². The molecule has 0 bridgehead atoms. The van der Waals surface area contributed by atoms with Crippen LogP contribution in [0.1, 0.15) is 55.8 Å². The molecule has 1 atom stereocenters. The van der Waals surface area contributed by atoms with E-state index < -0.39 is 0 Å². The van der Waals surface area contributed by atoms with Crippen molar-refractivity contribution in [2.75, 3.05) is 32.7 Å². The summed E-state index contributed by atoms with van der Waals surface area (Å²) in [6.45, 7) is 6.61. The summed E-state index contributed by atoms with van der Waals surface area (Å²) in [5.41, 5.74) is 0.703. The molecule has 2 aliphatic rings. The van der Waals surface area contributed by atoms with E-state index in [1.165, 1.54) is 38.6 Å². The topological polar surface area (TPSA) is 68.8 Å². The van der Waals surface area contributed by atoms with E-state index in [0.29, 0.717) is 24.7 Å². The van der Waals surface area contributed by atoms with Crippen LogP contribution in [0.3, 0.4) is 0 Å². The number of halogens is 1. The van der Waals surface area contributed by atoms with E-state index in [9.17, 15) is 4.79 Å². The minimum atomic E-state index is -0.0208. The summed E-state index contributed by atoms with van der Waals surface area (Å²) in [6.07, 6.45) is 7.54. The highest BCUT2D eigenvalue weighted by Gasteiger charge is 2.30. The van der Waals surface area contributed by atoms with Crippen LogP contribution in [0.15, 0.2) is 35.3 Å². The van der Waals surface area contributed by atoms with E-state index >= 15 is 0 Å². The van der Waals surface area contributed by atoms with Gasteiger partial charge >= 0.3 is 0 Å². The molecule has 0 radical (unpaired) electrons.